The fourth-order valence-corrected chi connectivity index (χ4v) is 4.83. The van der Waals surface area contributed by atoms with Crippen LogP contribution in [0.4, 0.5) is 4.39 Å². The average molecular weight is 506 g/mol. The van der Waals surface area contributed by atoms with Crippen LogP contribution in [-0.2, 0) is 11.3 Å². The van der Waals surface area contributed by atoms with Gasteiger partial charge in [0, 0.05) is 11.3 Å². The first-order valence-corrected chi connectivity index (χ1v) is 11.2. The van der Waals surface area contributed by atoms with Gasteiger partial charge in [-0.25, -0.2) is 27.3 Å². The Morgan fingerprint density at radius 1 is 1.38 bits per heavy atom. The minimum Gasteiger partial charge on any atom is -0.295 e. The van der Waals surface area contributed by atoms with Gasteiger partial charge in [0.25, 0.3) is 0 Å². The van der Waals surface area contributed by atoms with Crippen LogP contribution in [0.2, 0.25) is 0 Å². The molecule has 0 saturated heterocycles. The van der Waals surface area contributed by atoms with Crippen molar-refractivity contribution in [2.75, 3.05) is 5.75 Å². The second-order valence-corrected chi connectivity index (χ2v) is 8.99. The van der Waals surface area contributed by atoms with Crippen molar-refractivity contribution in [2.45, 2.75) is 29.8 Å². The number of nitrogens with one attached hydrogen (secondary N) is 1. The van der Waals surface area contributed by atoms with Crippen molar-refractivity contribution in [3.8, 4) is 17.2 Å². The lowest BCUT2D eigenvalue weighted by Crippen LogP contribution is -2.33. The molecular formula is C15H13BrFN5O5S2. The first kappa shape index (κ1) is 20.4. The highest BCUT2D eigenvalue weighted by Gasteiger charge is 2.43. The molecule has 3 aromatic rings. The fraction of sp³-hybridized carbons (Fsp3) is 0.333. The Bertz CT molecular complexity index is 1130. The van der Waals surface area contributed by atoms with Crippen molar-refractivity contribution in [2.24, 2.45) is 0 Å². The minimum absolute atomic E-state index is 0.0629. The predicted octanol–water partition coefficient (Wildman–Crippen LogP) is 2.52. The molecule has 1 unspecified atom stereocenters. The zero-order chi connectivity index (χ0) is 20.6. The van der Waals surface area contributed by atoms with E-state index in [2.05, 4.69) is 36.1 Å². The highest BCUT2D eigenvalue weighted by molar-refractivity contribution is 9.10. The van der Waals surface area contributed by atoms with Crippen molar-refractivity contribution < 1.29 is 22.3 Å². The largest absolute Gasteiger partial charge is 0.446 e. The van der Waals surface area contributed by atoms with E-state index >= 15 is 0 Å². The Labute approximate surface area is 177 Å². The summed E-state index contributed by atoms with van der Waals surface area (Å²) in [6.45, 7) is 0. The third kappa shape index (κ3) is 4.35. The van der Waals surface area contributed by atoms with E-state index in [-0.39, 0.29) is 21.5 Å². The minimum atomic E-state index is -2.07. The fourth-order valence-electron chi connectivity index (χ4n) is 2.75. The molecule has 1 aromatic carbocycles. The topological polar surface area (TPSA) is 136 Å². The molecule has 4 rings (SSSR count). The number of rotatable bonds is 8. The van der Waals surface area contributed by atoms with Gasteiger partial charge in [-0.2, -0.15) is 0 Å². The lowest BCUT2D eigenvalue weighted by molar-refractivity contribution is 0.299. The summed E-state index contributed by atoms with van der Waals surface area (Å²) in [7, 11) is 0. The summed E-state index contributed by atoms with van der Waals surface area (Å²) in [6.07, 6.45) is 2.25. The highest BCUT2D eigenvalue weighted by Crippen LogP contribution is 2.41. The van der Waals surface area contributed by atoms with Gasteiger partial charge in [0.2, 0.25) is 17.1 Å². The zero-order valence-corrected chi connectivity index (χ0v) is 17.7. The van der Waals surface area contributed by atoms with E-state index in [9.17, 15) is 13.4 Å². The highest BCUT2D eigenvalue weighted by atomic mass is 79.9. The average Bonchev–Trinajstić information content (AvgIpc) is 3.08. The Hall–Kier alpha value is -1.87. The van der Waals surface area contributed by atoms with Gasteiger partial charge in [0.15, 0.2) is 10.7 Å². The third-order valence-corrected chi connectivity index (χ3v) is 6.58. The summed E-state index contributed by atoms with van der Waals surface area (Å²) < 4.78 is 47.1. The van der Waals surface area contributed by atoms with Crippen molar-refractivity contribution in [3.05, 3.63) is 39.0 Å². The van der Waals surface area contributed by atoms with Gasteiger partial charge >= 0.3 is 5.76 Å². The summed E-state index contributed by atoms with van der Waals surface area (Å²) in [5.41, 5.74) is 0.176. The van der Waals surface area contributed by atoms with Crippen LogP contribution >= 0.6 is 27.7 Å². The molecule has 2 N–H and O–H groups in total. The van der Waals surface area contributed by atoms with Crippen LogP contribution < -0.4 is 10.5 Å². The number of hydrogen-bond acceptors (Lipinski definition) is 8. The summed E-state index contributed by atoms with van der Waals surface area (Å²) in [5.74, 6) is -0.627. The van der Waals surface area contributed by atoms with Crippen LogP contribution in [0.25, 0.3) is 17.2 Å². The normalized spacial score (nSPS) is 16.1. The number of benzene rings is 1. The van der Waals surface area contributed by atoms with E-state index in [1.165, 1.54) is 30.0 Å². The molecule has 2 heterocycles. The summed E-state index contributed by atoms with van der Waals surface area (Å²) in [5, 5.41) is 11.8. The van der Waals surface area contributed by atoms with Crippen molar-refractivity contribution in [3.63, 3.8) is 0 Å². The van der Waals surface area contributed by atoms with E-state index in [4.69, 9.17) is 13.7 Å². The van der Waals surface area contributed by atoms with E-state index < -0.39 is 22.8 Å². The standard InChI is InChI=1S/C15H13BrFN5O5S2/c16-9-7-8(1-2-10(9)17)22-12(19-26-14(22)23)11-13(20-27-18-11)28-6-5-15(3-4-15)21-29(24)25/h1-2,7,21H,3-6H2,(H,24,25). The molecule has 0 aliphatic heterocycles. The lowest BCUT2D eigenvalue weighted by Gasteiger charge is -2.13. The SMILES string of the molecule is O=c1onc(-c2nonc2SCCC2(NS(=O)O)CC2)n1-c1ccc(F)c(Br)c1. The van der Waals surface area contributed by atoms with E-state index in [0.29, 0.717) is 22.9 Å². The maximum absolute atomic E-state index is 13.5. The predicted molar refractivity (Wildman–Crippen MR) is 104 cm³/mol. The van der Waals surface area contributed by atoms with Crippen LogP contribution in [0.3, 0.4) is 0 Å². The van der Waals surface area contributed by atoms with E-state index in [1.807, 2.05) is 0 Å². The quantitative estimate of drug-likeness (QED) is 0.349. The van der Waals surface area contributed by atoms with Gasteiger partial charge in [0.1, 0.15) is 5.82 Å². The van der Waals surface area contributed by atoms with Crippen LogP contribution in [0, 0.1) is 5.82 Å². The smallest absolute Gasteiger partial charge is 0.295 e. The Balaban J connectivity index is 1.57. The molecule has 1 aliphatic rings. The summed E-state index contributed by atoms with van der Waals surface area (Å²) in [4.78, 5) is 12.2. The van der Waals surface area contributed by atoms with E-state index in [0.717, 1.165) is 17.4 Å². The second kappa shape index (κ2) is 8.10. The van der Waals surface area contributed by atoms with Gasteiger partial charge in [-0.1, -0.05) is 5.16 Å². The molecule has 29 heavy (non-hydrogen) atoms. The van der Waals surface area contributed by atoms with Gasteiger partial charge in [-0.05, 0) is 63.7 Å². The summed E-state index contributed by atoms with van der Waals surface area (Å²) in [6, 6.07) is 4.02. The van der Waals surface area contributed by atoms with Gasteiger partial charge in [-0.15, -0.1) is 11.8 Å². The van der Waals surface area contributed by atoms with Gasteiger partial charge in [0.05, 0.1) is 10.2 Å². The monoisotopic (exact) mass is 505 g/mol. The molecule has 1 saturated carbocycles. The zero-order valence-electron chi connectivity index (χ0n) is 14.5. The van der Waals surface area contributed by atoms with Crippen LogP contribution in [-0.4, -0.2) is 40.1 Å². The van der Waals surface area contributed by atoms with Crippen molar-refractivity contribution in [1.82, 2.24) is 24.8 Å². The molecule has 1 atom stereocenters. The number of hydrogen-bond donors (Lipinski definition) is 2. The molecule has 1 aliphatic carbocycles. The third-order valence-electron chi connectivity index (χ3n) is 4.41. The van der Waals surface area contributed by atoms with Gasteiger partial charge < -0.3 is 0 Å². The molecule has 0 bridgehead atoms. The molecule has 2 aromatic heterocycles. The van der Waals surface area contributed by atoms with Crippen molar-refractivity contribution >= 4 is 39.0 Å². The number of halogens is 2. The number of thioether (sulfide) groups is 1. The number of aromatic nitrogens is 4. The van der Waals surface area contributed by atoms with Crippen LogP contribution in [0.1, 0.15) is 19.3 Å². The molecule has 14 heteroatoms. The van der Waals surface area contributed by atoms with Crippen LogP contribution in [0.5, 0.6) is 0 Å². The molecule has 10 nitrogen and oxygen atoms in total. The Kier molecular flexibility index (Phi) is 5.70. The maximum Gasteiger partial charge on any atom is 0.446 e. The Morgan fingerprint density at radius 3 is 2.86 bits per heavy atom. The molecule has 0 amide bonds. The molecule has 0 spiro atoms. The summed E-state index contributed by atoms with van der Waals surface area (Å²) >= 11 is 2.32. The van der Waals surface area contributed by atoms with Gasteiger partial charge in [-0.3, -0.25) is 9.08 Å². The lowest BCUT2D eigenvalue weighted by atomic mass is 10.2. The first-order chi connectivity index (χ1) is 13.9. The van der Waals surface area contributed by atoms with E-state index in [1.54, 1.807) is 0 Å². The molecule has 154 valence electrons. The van der Waals surface area contributed by atoms with Crippen molar-refractivity contribution in [1.29, 1.82) is 0 Å². The molecular weight excluding hydrogens is 493 g/mol. The number of nitrogens with zero attached hydrogens (tertiary/aromatic N) is 4. The van der Waals surface area contributed by atoms with Crippen LogP contribution in [0.15, 0.2) is 41.6 Å². The first-order valence-electron chi connectivity index (χ1n) is 8.27. The maximum atomic E-state index is 13.5. The molecule has 1 fully saturated rings. The molecule has 0 radical (unpaired) electrons. The Morgan fingerprint density at radius 2 is 2.17 bits per heavy atom. The second-order valence-electron chi connectivity index (χ2n) is 6.35.